The van der Waals surface area contributed by atoms with Gasteiger partial charge < -0.3 is 19.5 Å². The van der Waals surface area contributed by atoms with Gasteiger partial charge in [-0.2, -0.15) is 0 Å². The third kappa shape index (κ3) is 4.11. The summed E-state index contributed by atoms with van der Waals surface area (Å²) in [5, 5.41) is 9.67. The van der Waals surface area contributed by atoms with Crippen LogP contribution in [0.25, 0.3) is 11.1 Å². The van der Waals surface area contributed by atoms with Crippen LogP contribution in [0.3, 0.4) is 0 Å². The van der Waals surface area contributed by atoms with E-state index in [1.165, 1.54) is 18.7 Å². The summed E-state index contributed by atoms with van der Waals surface area (Å²) < 4.78 is 11.0. The average molecular weight is 470 g/mol. The second kappa shape index (κ2) is 8.65. The lowest BCUT2D eigenvalue weighted by Gasteiger charge is -2.34. The van der Waals surface area contributed by atoms with Crippen LogP contribution in [-0.2, 0) is 9.53 Å². The highest BCUT2D eigenvalue weighted by molar-refractivity contribution is 6.33. The number of amides is 1. The first-order valence-electron chi connectivity index (χ1n) is 11.5. The van der Waals surface area contributed by atoms with Crippen molar-refractivity contribution in [1.82, 2.24) is 4.90 Å². The molecule has 0 aromatic heterocycles. The molecule has 2 atom stereocenters. The number of methoxy groups -OCH3 is 1. The number of carboxylic acids is 1. The van der Waals surface area contributed by atoms with E-state index in [1.54, 1.807) is 6.07 Å². The Morgan fingerprint density at radius 3 is 2.52 bits per heavy atom. The molecule has 1 spiro atoms. The topological polar surface area (TPSA) is 76.1 Å². The molecule has 2 heterocycles. The molecule has 7 heteroatoms. The fraction of sp³-hybridized carbons (Fsp3) is 0.462. The maximum absolute atomic E-state index is 12.6. The van der Waals surface area contributed by atoms with Crippen molar-refractivity contribution in [2.45, 2.75) is 44.1 Å². The molecule has 1 N–H and O–H groups in total. The number of piperidine rings is 1. The number of nitrogens with zero attached hydrogens (tertiary/aromatic N) is 1. The van der Waals surface area contributed by atoms with E-state index < -0.39 is 5.97 Å². The van der Waals surface area contributed by atoms with Crippen LogP contribution in [-0.4, -0.2) is 54.8 Å². The zero-order valence-electron chi connectivity index (χ0n) is 18.7. The van der Waals surface area contributed by atoms with E-state index in [2.05, 4.69) is 12.1 Å². The molecule has 2 saturated heterocycles. The standard InChI is InChI=1S/C26H28ClNO5/c1-32-23-19(13-18(25(30)31)14-21(23)27)16-4-6-17(7-5-16)20-15-26(20)8-10-28(11-9-26)24(29)22-3-2-12-33-22/h4-7,13-14,20,22H,2-3,8-12,15H2,1H3,(H,30,31)/t20-,22?/m0/s1. The van der Waals surface area contributed by atoms with Gasteiger partial charge in [0.15, 0.2) is 0 Å². The van der Waals surface area contributed by atoms with Crippen molar-refractivity contribution < 1.29 is 24.2 Å². The number of carbonyl (C=O) groups excluding carboxylic acids is 1. The number of rotatable bonds is 5. The molecule has 2 aromatic carbocycles. The zero-order valence-corrected chi connectivity index (χ0v) is 19.4. The monoisotopic (exact) mass is 469 g/mol. The maximum Gasteiger partial charge on any atom is 0.335 e. The van der Waals surface area contributed by atoms with Crippen molar-refractivity contribution in [2.24, 2.45) is 5.41 Å². The second-order valence-electron chi connectivity index (χ2n) is 9.41. The van der Waals surface area contributed by atoms with Gasteiger partial charge in [-0.3, -0.25) is 4.79 Å². The van der Waals surface area contributed by atoms with Crippen LogP contribution < -0.4 is 4.74 Å². The number of hydrogen-bond acceptors (Lipinski definition) is 4. The quantitative estimate of drug-likeness (QED) is 0.667. The van der Waals surface area contributed by atoms with Gasteiger partial charge in [0, 0.05) is 25.3 Å². The van der Waals surface area contributed by atoms with Gasteiger partial charge in [0.05, 0.1) is 17.7 Å². The zero-order chi connectivity index (χ0) is 23.2. The Morgan fingerprint density at radius 1 is 1.18 bits per heavy atom. The van der Waals surface area contributed by atoms with Gasteiger partial charge in [-0.15, -0.1) is 0 Å². The molecule has 174 valence electrons. The summed E-state index contributed by atoms with van der Waals surface area (Å²) in [7, 11) is 1.53. The SMILES string of the molecule is COc1c(Cl)cc(C(=O)O)cc1-c1ccc([C@@H]2CC23CCN(C(=O)C2CCCO2)CC3)cc1. The molecule has 0 bridgehead atoms. The Balaban J connectivity index is 1.28. The summed E-state index contributed by atoms with van der Waals surface area (Å²) in [6.45, 7) is 2.32. The van der Waals surface area contributed by atoms with E-state index in [1.807, 2.05) is 17.0 Å². The largest absolute Gasteiger partial charge is 0.495 e. The highest BCUT2D eigenvalue weighted by Crippen LogP contribution is 2.65. The minimum absolute atomic E-state index is 0.130. The number of aromatic carboxylic acids is 1. The van der Waals surface area contributed by atoms with Gasteiger partial charge in [0.25, 0.3) is 5.91 Å². The molecule has 6 nitrogen and oxygen atoms in total. The maximum atomic E-state index is 12.6. The van der Waals surface area contributed by atoms with Gasteiger partial charge in [-0.1, -0.05) is 35.9 Å². The summed E-state index contributed by atoms with van der Waals surface area (Å²) in [4.78, 5) is 26.1. The van der Waals surface area contributed by atoms with Gasteiger partial charge in [0.2, 0.25) is 0 Å². The molecule has 1 saturated carbocycles. The molecular weight excluding hydrogens is 442 g/mol. The fourth-order valence-corrected chi connectivity index (χ4v) is 5.85. The van der Waals surface area contributed by atoms with Crippen molar-refractivity contribution in [1.29, 1.82) is 0 Å². The van der Waals surface area contributed by atoms with E-state index in [9.17, 15) is 14.7 Å². The molecule has 1 aliphatic carbocycles. The van der Waals surface area contributed by atoms with Crippen molar-refractivity contribution in [3.8, 4) is 16.9 Å². The number of benzene rings is 2. The minimum atomic E-state index is -1.03. The molecule has 33 heavy (non-hydrogen) atoms. The van der Waals surface area contributed by atoms with Crippen molar-refractivity contribution in [3.63, 3.8) is 0 Å². The Hall–Kier alpha value is -2.57. The van der Waals surface area contributed by atoms with E-state index in [4.69, 9.17) is 21.1 Å². The van der Waals surface area contributed by atoms with E-state index in [0.717, 1.165) is 50.8 Å². The summed E-state index contributed by atoms with van der Waals surface area (Å²) in [5.74, 6) is 0.115. The number of carboxylic acid groups (broad SMARTS) is 1. The molecular formula is C26H28ClNO5. The van der Waals surface area contributed by atoms with Gasteiger partial charge >= 0.3 is 5.97 Å². The smallest absolute Gasteiger partial charge is 0.335 e. The average Bonchev–Trinajstić information content (AvgIpc) is 3.24. The normalized spacial score (nSPS) is 23.5. The molecule has 2 aromatic rings. The molecule has 2 aliphatic heterocycles. The molecule has 3 fully saturated rings. The first-order chi connectivity index (χ1) is 15.9. The highest BCUT2D eigenvalue weighted by atomic mass is 35.5. The lowest BCUT2D eigenvalue weighted by atomic mass is 9.88. The minimum Gasteiger partial charge on any atom is -0.495 e. The number of halogens is 1. The Labute approximate surface area is 198 Å². The first kappa shape index (κ1) is 22.2. The van der Waals surface area contributed by atoms with Crippen LogP contribution >= 0.6 is 11.6 Å². The van der Waals surface area contributed by atoms with E-state index in [-0.39, 0.29) is 22.6 Å². The third-order valence-corrected chi connectivity index (χ3v) is 7.87. The Morgan fingerprint density at radius 2 is 1.91 bits per heavy atom. The van der Waals surface area contributed by atoms with Gasteiger partial charge in [-0.25, -0.2) is 4.79 Å². The first-order valence-corrected chi connectivity index (χ1v) is 11.9. The summed E-state index contributed by atoms with van der Waals surface area (Å²) in [6.07, 6.45) is 4.81. The van der Waals surface area contributed by atoms with Crippen LogP contribution in [0.2, 0.25) is 5.02 Å². The van der Waals surface area contributed by atoms with Crippen LogP contribution in [0, 0.1) is 5.41 Å². The van der Waals surface area contributed by atoms with Crippen molar-refractivity contribution in [3.05, 3.63) is 52.5 Å². The number of likely N-dealkylation sites (tertiary alicyclic amines) is 1. The molecule has 1 unspecified atom stereocenters. The lowest BCUT2D eigenvalue weighted by molar-refractivity contribution is -0.142. The molecule has 1 amide bonds. The predicted molar refractivity (Wildman–Crippen MR) is 125 cm³/mol. The van der Waals surface area contributed by atoms with Crippen molar-refractivity contribution >= 4 is 23.5 Å². The van der Waals surface area contributed by atoms with Crippen LogP contribution in [0.4, 0.5) is 0 Å². The predicted octanol–water partition coefficient (Wildman–Crippen LogP) is 4.99. The number of carbonyl (C=O) groups is 2. The Kier molecular flexibility index (Phi) is 5.83. The molecule has 5 rings (SSSR count). The van der Waals surface area contributed by atoms with E-state index in [0.29, 0.717) is 29.3 Å². The van der Waals surface area contributed by atoms with Crippen molar-refractivity contribution in [2.75, 3.05) is 26.8 Å². The van der Waals surface area contributed by atoms with Crippen LogP contribution in [0.15, 0.2) is 36.4 Å². The highest BCUT2D eigenvalue weighted by Gasteiger charge is 2.55. The summed E-state index contributed by atoms with van der Waals surface area (Å²) in [6, 6.07) is 11.3. The number of hydrogen-bond donors (Lipinski definition) is 1. The van der Waals surface area contributed by atoms with E-state index >= 15 is 0 Å². The van der Waals surface area contributed by atoms with Crippen LogP contribution in [0.1, 0.15) is 53.9 Å². The fourth-order valence-electron chi connectivity index (χ4n) is 5.55. The van der Waals surface area contributed by atoms with Gasteiger partial charge in [0.1, 0.15) is 11.9 Å². The lowest BCUT2D eigenvalue weighted by Crippen LogP contribution is -2.44. The summed E-state index contributed by atoms with van der Waals surface area (Å²) >= 11 is 6.27. The van der Waals surface area contributed by atoms with Crippen LogP contribution in [0.5, 0.6) is 5.75 Å². The Bertz CT molecular complexity index is 1070. The third-order valence-electron chi connectivity index (χ3n) is 7.58. The molecule has 0 radical (unpaired) electrons. The second-order valence-corrected chi connectivity index (χ2v) is 9.82. The van der Waals surface area contributed by atoms with Gasteiger partial charge in [-0.05, 0) is 66.7 Å². The summed E-state index contributed by atoms with van der Waals surface area (Å²) in [5.41, 5.74) is 3.24. The number of ether oxygens (including phenoxy) is 2. The molecule has 3 aliphatic rings.